The van der Waals surface area contributed by atoms with Crippen molar-refractivity contribution < 1.29 is 14.3 Å². The number of hydrogen-bond donors (Lipinski definition) is 2. The molecule has 2 amide bonds. The Morgan fingerprint density at radius 3 is 2.26 bits per heavy atom. The van der Waals surface area contributed by atoms with Crippen molar-refractivity contribution in [1.29, 1.82) is 0 Å². The van der Waals surface area contributed by atoms with Crippen molar-refractivity contribution in [2.24, 2.45) is 0 Å². The molecule has 0 bridgehead atoms. The van der Waals surface area contributed by atoms with Gasteiger partial charge in [0, 0.05) is 16.3 Å². The Morgan fingerprint density at radius 1 is 0.903 bits per heavy atom. The fourth-order valence-electron chi connectivity index (χ4n) is 2.55. The number of rotatable bonds is 8. The lowest BCUT2D eigenvalue weighted by atomic mass is 10.3. The Morgan fingerprint density at radius 2 is 1.58 bits per heavy atom. The molecule has 0 aromatic heterocycles. The van der Waals surface area contributed by atoms with Crippen LogP contribution in [0.2, 0.25) is 10.0 Å². The van der Waals surface area contributed by atoms with E-state index in [1.165, 1.54) is 11.8 Å². The number of hydrogen-bond acceptors (Lipinski definition) is 4. The number of carbonyl (C=O) groups excluding carboxylic acids is 2. The molecule has 1 unspecified atom stereocenters. The summed E-state index contributed by atoms with van der Waals surface area (Å²) < 4.78 is 5.43. The number of ether oxygens (including phenoxy) is 1. The van der Waals surface area contributed by atoms with Crippen molar-refractivity contribution in [1.82, 2.24) is 0 Å². The van der Waals surface area contributed by atoms with E-state index in [0.29, 0.717) is 27.2 Å². The maximum absolute atomic E-state index is 12.4. The van der Waals surface area contributed by atoms with E-state index >= 15 is 0 Å². The van der Waals surface area contributed by atoms with Crippen molar-refractivity contribution in [2.75, 3.05) is 17.2 Å². The minimum atomic E-state index is -0.339. The van der Waals surface area contributed by atoms with Gasteiger partial charge in [-0.1, -0.05) is 41.4 Å². The molecule has 0 radical (unpaired) electrons. The quantitative estimate of drug-likeness (QED) is 0.385. The molecule has 160 valence electrons. The predicted molar refractivity (Wildman–Crippen MR) is 127 cm³/mol. The molecule has 2 N–H and O–H groups in total. The first-order chi connectivity index (χ1) is 14.9. The molecule has 31 heavy (non-hydrogen) atoms. The second-order valence-electron chi connectivity index (χ2n) is 6.55. The third-order valence-corrected chi connectivity index (χ3v) is 5.97. The van der Waals surface area contributed by atoms with Gasteiger partial charge in [-0.2, -0.15) is 0 Å². The lowest BCUT2D eigenvalue weighted by molar-refractivity contribution is -0.118. The van der Waals surface area contributed by atoms with E-state index < -0.39 is 0 Å². The van der Waals surface area contributed by atoms with Crippen molar-refractivity contribution in [3.8, 4) is 5.75 Å². The molecule has 1 atom stereocenters. The molecule has 0 saturated carbocycles. The number of anilines is 2. The molecule has 0 spiro atoms. The number of thioether (sulfide) groups is 1. The number of benzene rings is 3. The van der Waals surface area contributed by atoms with Crippen LogP contribution in [0.3, 0.4) is 0 Å². The first kappa shape index (κ1) is 23.0. The monoisotopic (exact) mass is 474 g/mol. The van der Waals surface area contributed by atoms with Gasteiger partial charge >= 0.3 is 0 Å². The third-order valence-electron chi connectivity index (χ3n) is 4.12. The summed E-state index contributed by atoms with van der Waals surface area (Å²) in [4.78, 5) is 25.4. The standard InChI is InChI=1S/C23H20Cl2N2O3S/c1-15(23(29)27-17-9-12-20(24)21(25)13-17)31-19-10-7-16(8-11-19)26-22(28)14-30-18-5-3-2-4-6-18/h2-13,15H,14H2,1H3,(H,26,28)(H,27,29). The molecule has 0 aliphatic rings. The highest BCUT2D eigenvalue weighted by Crippen LogP contribution is 2.28. The molecular formula is C23H20Cl2N2O3S. The molecule has 3 aromatic carbocycles. The summed E-state index contributed by atoms with van der Waals surface area (Å²) in [5.74, 6) is 0.231. The van der Waals surface area contributed by atoms with E-state index in [0.717, 1.165) is 4.90 Å². The average Bonchev–Trinajstić information content (AvgIpc) is 2.77. The summed E-state index contributed by atoms with van der Waals surface area (Å²) in [6.45, 7) is 1.74. The molecule has 0 aliphatic carbocycles. The van der Waals surface area contributed by atoms with Gasteiger partial charge in [-0.15, -0.1) is 11.8 Å². The van der Waals surface area contributed by atoms with E-state index in [9.17, 15) is 9.59 Å². The van der Waals surface area contributed by atoms with Gasteiger partial charge in [0.1, 0.15) is 5.75 Å². The van der Waals surface area contributed by atoms with Crippen LogP contribution in [0.5, 0.6) is 5.75 Å². The zero-order valence-electron chi connectivity index (χ0n) is 16.6. The molecule has 5 nitrogen and oxygen atoms in total. The largest absolute Gasteiger partial charge is 0.484 e. The van der Waals surface area contributed by atoms with Crippen LogP contribution in [0.15, 0.2) is 77.7 Å². The van der Waals surface area contributed by atoms with Crippen molar-refractivity contribution >= 4 is 58.2 Å². The van der Waals surface area contributed by atoms with Crippen LogP contribution in [-0.4, -0.2) is 23.7 Å². The zero-order valence-corrected chi connectivity index (χ0v) is 18.9. The van der Waals surface area contributed by atoms with Gasteiger partial charge in [0.25, 0.3) is 5.91 Å². The van der Waals surface area contributed by atoms with Gasteiger partial charge in [0.15, 0.2) is 6.61 Å². The lowest BCUT2D eigenvalue weighted by Crippen LogP contribution is -2.22. The minimum Gasteiger partial charge on any atom is -0.484 e. The van der Waals surface area contributed by atoms with Crippen LogP contribution in [0.1, 0.15) is 6.92 Å². The van der Waals surface area contributed by atoms with Crippen LogP contribution in [0, 0.1) is 0 Å². The van der Waals surface area contributed by atoms with Gasteiger partial charge < -0.3 is 15.4 Å². The summed E-state index contributed by atoms with van der Waals surface area (Å²) in [6.07, 6.45) is 0. The van der Waals surface area contributed by atoms with Gasteiger partial charge in [-0.25, -0.2) is 0 Å². The third kappa shape index (κ3) is 7.21. The number of carbonyl (C=O) groups is 2. The Kier molecular flexibility index (Phi) is 8.23. The average molecular weight is 475 g/mol. The zero-order chi connectivity index (χ0) is 22.2. The normalized spacial score (nSPS) is 11.5. The SMILES string of the molecule is CC(Sc1ccc(NC(=O)COc2ccccc2)cc1)C(=O)Nc1ccc(Cl)c(Cl)c1. The maximum Gasteiger partial charge on any atom is 0.262 e. The first-order valence-electron chi connectivity index (χ1n) is 9.41. The van der Waals surface area contributed by atoms with Crippen molar-refractivity contribution in [3.05, 3.63) is 82.8 Å². The highest BCUT2D eigenvalue weighted by molar-refractivity contribution is 8.00. The summed E-state index contributed by atoms with van der Waals surface area (Å²) in [5.41, 5.74) is 1.24. The van der Waals surface area contributed by atoms with E-state index in [1.807, 2.05) is 37.3 Å². The Hall–Kier alpha value is -2.67. The van der Waals surface area contributed by atoms with Gasteiger partial charge in [0.2, 0.25) is 5.91 Å². The summed E-state index contributed by atoms with van der Waals surface area (Å²) >= 11 is 13.3. The van der Waals surface area contributed by atoms with Crippen LogP contribution < -0.4 is 15.4 Å². The minimum absolute atomic E-state index is 0.0769. The van der Waals surface area contributed by atoms with E-state index in [-0.39, 0.29) is 23.7 Å². The van der Waals surface area contributed by atoms with Gasteiger partial charge in [-0.3, -0.25) is 9.59 Å². The summed E-state index contributed by atoms with van der Waals surface area (Å²) in [5, 5.41) is 6.08. The summed E-state index contributed by atoms with van der Waals surface area (Å²) in [6, 6.07) is 21.3. The van der Waals surface area contributed by atoms with E-state index in [1.54, 1.807) is 42.5 Å². The molecule has 3 aromatic rings. The fourth-order valence-corrected chi connectivity index (χ4v) is 3.72. The van der Waals surface area contributed by atoms with Gasteiger partial charge in [0.05, 0.1) is 15.3 Å². The predicted octanol–water partition coefficient (Wildman–Crippen LogP) is 6.13. The fraction of sp³-hybridized carbons (Fsp3) is 0.130. The Bertz CT molecular complexity index is 1050. The first-order valence-corrected chi connectivity index (χ1v) is 11.0. The molecule has 0 fully saturated rings. The highest BCUT2D eigenvalue weighted by Gasteiger charge is 2.15. The van der Waals surface area contributed by atoms with Crippen LogP contribution in [-0.2, 0) is 9.59 Å². The molecule has 0 heterocycles. The molecule has 3 rings (SSSR count). The van der Waals surface area contributed by atoms with E-state index in [2.05, 4.69) is 10.6 Å². The maximum atomic E-state index is 12.4. The molecule has 0 aliphatic heterocycles. The lowest BCUT2D eigenvalue weighted by Gasteiger charge is -2.13. The second kappa shape index (κ2) is 11.1. The number of amides is 2. The topological polar surface area (TPSA) is 67.4 Å². The number of nitrogens with one attached hydrogen (secondary N) is 2. The Balaban J connectivity index is 1.48. The van der Waals surface area contributed by atoms with E-state index in [4.69, 9.17) is 27.9 Å². The van der Waals surface area contributed by atoms with Crippen molar-refractivity contribution in [2.45, 2.75) is 17.1 Å². The number of para-hydroxylation sites is 1. The second-order valence-corrected chi connectivity index (χ2v) is 8.78. The smallest absolute Gasteiger partial charge is 0.262 e. The van der Waals surface area contributed by atoms with Gasteiger partial charge in [-0.05, 0) is 61.5 Å². The summed E-state index contributed by atoms with van der Waals surface area (Å²) in [7, 11) is 0. The van der Waals surface area contributed by atoms with Crippen LogP contribution >= 0.6 is 35.0 Å². The van der Waals surface area contributed by atoms with Crippen LogP contribution in [0.25, 0.3) is 0 Å². The molecular weight excluding hydrogens is 455 g/mol. The highest BCUT2D eigenvalue weighted by atomic mass is 35.5. The van der Waals surface area contributed by atoms with Crippen LogP contribution in [0.4, 0.5) is 11.4 Å². The molecule has 0 saturated heterocycles. The Labute approximate surface area is 195 Å². The number of halogens is 2. The van der Waals surface area contributed by atoms with Crippen molar-refractivity contribution in [3.63, 3.8) is 0 Å². The molecule has 8 heteroatoms.